The monoisotopic (exact) mass is 514 g/mol. The molecular weight excluding hydrogens is 480 g/mol. The SMILES string of the molecule is CC1(CS(=O)(=O)c2ccc(C(=O)Nc3ccnc(C(C)(C)O)n3)c(N3CCC4(CC3)CC4)c2)COC1. The molecule has 1 aromatic heterocycles. The maximum Gasteiger partial charge on any atom is 0.258 e. The van der Waals surface area contributed by atoms with E-state index in [0.29, 0.717) is 29.9 Å². The number of nitrogens with zero attached hydrogens (tertiary/aromatic N) is 3. The lowest BCUT2D eigenvalue weighted by Gasteiger charge is -2.38. The molecule has 2 saturated heterocycles. The van der Waals surface area contributed by atoms with Gasteiger partial charge in [0.2, 0.25) is 0 Å². The number of carbonyl (C=O) groups is 1. The Balaban J connectivity index is 1.45. The summed E-state index contributed by atoms with van der Waals surface area (Å²) in [6, 6.07) is 6.33. The van der Waals surface area contributed by atoms with Gasteiger partial charge in [0.05, 0.1) is 35.1 Å². The molecule has 5 rings (SSSR count). The minimum Gasteiger partial charge on any atom is -0.382 e. The molecule has 1 aromatic carbocycles. The lowest BCUT2D eigenvalue weighted by atomic mass is 9.92. The average Bonchev–Trinajstić information content (AvgIpc) is 3.56. The number of anilines is 2. The molecule has 2 aliphatic heterocycles. The molecule has 194 valence electrons. The number of ether oxygens (including phenoxy) is 1. The summed E-state index contributed by atoms with van der Waals surface area (Å²) in [4.78, 5) is 24.1. The molecule has 0 atom stereocenters. The summed E-state index contributed by atoms with van der Waals surface area (Å²) < 4.78 is 31.8. The maximum absolute atomic E-state index is 13.4. The van der Waals surface area contributed by atoms with Crippen LogP contribution in [0.25, 0.3) is 0 Å². The molecular formula is C26H34N4O5S. The van der Waals surface area contributed by atoms with Gasteiger partial charge in [0.1, 0.15) is 11.4 Å². The van der Waals surface area contributed by atoms with E-state index in [1.807, 2.05) is 6.92 Å². The summed E-state index contributed by atoms with van der Waals surface area (Å²) in [7, 11) is -3.56. The van der Waals surface area contributed by atoms with Crippen molar-refractivity contribution in [3.8, 4) is 0 Å². The molecule has 1 aliphatic carbocycles. The average molecular weight is 515 g/mol. The van der Waals surface area contributed by atoms with Crippen molar-refractivity contribution in [2.45, 2.75) is 57.0 Å². The molecule has 1 saturated carbocycles. The summed E-state index contributed by atoms with van der Waals surface area (Å²) in [6.07, 6.45) is 6.07. The van der Waals surface area contributed by atoms with Crippen molar-refractivity contribution >= 4 is 27.2 Å². The summed E-state index contributed by atoms with van der Waals surface area (Å²) in [6.45, 7) is 7.49. The fraction of sp³-hybridized carbons (Fsp3) is 0.577. The van der Waals surface area contributed by atoms with Gasteiger partial charge in [0.15, 0.2) is 15.7 Å². The first kappa shape index (κ1) is 25.1. The number of aromatic nitrogens is 2. The second kappa shape index (κ2) is 8.78. The number of piperidine rings is 1. The normalized spacial score (nSPS) is 20.6. The van der Waals surface area contributed by atoms with Crippen molar-refractivity contribution < 1.29 is 23.1 Å². The molecule has 0 radical (unpaired) electrons. The zero-order valence-electron chi connectivity index (χ0n) is 21.1. The highest BCUT2D eigenvalue weighted by atomic mass is 32.2. The van der Waals surface area contributed by atoms with Gasteiger partial charge in [-0.05, 0) is 69.2 Å². The van der Waals surface area contributed by atoms with Crippen LogP contribution in [0, 0.1) is 10.8 Å². The largest absolute Gasteiger partial charge is 0.382 e. The summed E-state index contributed by atoms with van der Waals surface area (Å²) in [5.74, 6) is 0.0826. The van der Waals surface area contributed by atoms with E-state index in [2.05, 4.69) is 20.2 Å². The summed E-state index contributed by atoms with van der Waals surface area (Å²) >= 11 is 0. The van der Waals surface area contributed by atoms with Gasteiger partial charge < -0.3 is 20.1 Å². The van der Waals surface area contributed by atoms with Crippen LogP contribution in [0.1, 0.15) is 62.6 Å². The van der Waals surface area contributed by atoms with Crippen LogP contribution in [0.3, 0.4) is 0 Å². The van der Waals surface area contributed by atoms with Gasteiger partial charge in [0.25, 0.3) is 5.91 Å². The van der Waals surface area contributed by atoms with Crippen LogP contribution in [0.5, 0.6) is 0 Å². The minimum atomic E-state index is -3.56. The van der Waals surface area contributed by atoms with Crippen LogP contribution < -0.4 is 10.2 Å². The van der Waals surface area contributed by atoms with Crippen molar-refractivity contribution in [2.75, 3.05) is 42.3 Å². The number of benzene rings is 1. The Labute approximate surface area is 212 Å². The van der Waals surface area contributed by atoms with E-state index in [9.17, 15) is 18.3 Å². The lowest BCUT2D eigenvalue weighted by Crippen LogP contribution is -2.45. The highest BCUT2D eigenvalue weighted by Gasteiger charge is 2.45. The zero-order chi connectivity index (χ0) is 25.8. The van der Waals surface area contributed by atoms with E-state index in [1.165, 1.54) is 25.1 Å². The van der Waals surface area contributed by atoms with Crippen molar-refractivity contribution in [1.82, 2.24) is 9.97 Å². The summed E-state index contributed by atoms with van der Waals surface area (Å²) in [5, 5.41) is 13.0. The molecule has 3 heterocycles. The van der Waals surface area contributed by atoms with Gasteiger partial charge in [-0.1, -0.05) is 6.92 Å². The zero-order valence-corrected chi connectivity index (χ0v) is 21.9. The first-order valence-electron chi connectivity index (χ1n) is 12.5. The molecule has 9 nitrogen and oxygen atoms in total. The number of amides is 1. The molecule has 2 N–H and O–H groups in total. The number of rotatable bonds is 7. The number of hydrogen-bond donors (Lipinski definition) is 2. The van der Waals surface area contributed by atoms with E-state index < -0.39 is 15.4 Å². The summed E-state index contributed by atoms with van der Waals surface area (Å²) in [5.41, 5.74) is -0.186. The first-order valence-corrected chi connectivity index (χ1v) is 14.1. The Bertz CT molecular complexity index is 1270. The second-order valence-corrected chi connectivity index (χ2v) is 13.5. The highest BCUT2D eigenvalue weighted by molar-refractivity contribution is 7.91. The van der Waals surface area contributed by atoms with Crippen molar-refractivity contribution in [3.63, 3.8) is 0 Å². The predicted octanol–water partition coefficient (Wildman–Crippen LogP) is 3.15. The van der Waals surface area contributed by atoms with Crippen molar-refractivity contribution in [1.29, 1.82) is 0 Å². The van der Waals surface area contributed by atoms with Crippen molar-refractivity contribution in [3.05, 3.63) is 41.9 Å². The van der Waals surface area contributed by atoms with Crippen LogP contribution in [0.4, 0.5) is 11.5 Å². The quantitative estimate of drug-likeness (QED) is 0.578. The van der Waals surface area contributed by atoms with Gasteiger partial charge in [0, 0.05) is 24.7 Å². The highest BCUT2D eigenvalue weighted by Crippen LogP contribution is 2.54. The Morgan fingerprint density at radius 1 is 1.17 bits per heavy atom. The fourth-order valence-electron chi connectivity index (χ4n) is 5.04. The van der Waals surface area contributed by atoms with E-state index in [4.69, 9.17) is 4.74 Å². The number of sulfone groups is 1. The van der Waals surface area contributed by atoms with Gasteiger partial charge in [-0.3, -0.25) is 4.79 Å². The van der Waals surface area contributed by atoms with Crippen LogP contribution >= 0.6 is 0 Å². The smallest absolute Gasteiger partial charge is 0.258 e. The lowest BCUT2D eigenvalue weighted by molar-refractivity contribution is -0.0870. The maximum atomic E-state index is 13.4. The molecule has 1 spiro atoms. The standard InChI is InChI=1S/C26H34N4O5S/c1-24(2,32)23-27-11-6-21(29-23)28-22(31)19-5-4-18(36(33,34)17-25(3)15-35-16-25)14-20(19)30-12-9-26(7-8-26)10-13-30/h4-6,11,14,32H,7-10,12-13,15-17H2,1-3H3,(H,27,28,29,31). The van der Waals surface area contributed by atoms with E-state index in [1.54, 1.807) is 32.0 Å². The van der Waals surface area contributed by atoms with Crippen LogP contribution in [-0.4, -0.2) is 61.5 Å². The third-order valence-corrected chi connectivity index (χ3v) is 9.63. The number of carbonyl (C=O) groups excluding carboxylic acids is 1. The minimum absolute atomic E-state index is 0.00868. The molecule has 1 amide bonds. The Morgan fingerprint density at radius 2 is 1.86 bits per heavy atom. The van der Waals surface area contributed by atoms with Gasteiger partial charge in [-0.15, -0.1) is 0 Å². The van der Waals surface area contributed by atoms with Crippen LogP contribution in [0.2, 0.25) is 0 Å². The van der Waals surface area contributed by atoms with Crippen LogP contribution in [0.15, 0.2) is 35.4 Å². The Kier molecular flexibility index (Phi) is 6.12. The fourth-order valence-corrected chi connectivity index (χ4v) is 6.86. The Morgan fingerprint density at radius 3 is 2.44 bits per heavy atom. The molecule has 0 bridgehead atoms. The van der Waals surface area contributed by atoms with E-state index in [0.717, 1.165) is 25.9 Å². The third-order valence-electron chi connectivity index (χ3n) is 7.58. The molecule has 0 unspecified atom stereocenters. The molecule has 10 heteroatoms. The molecule has 3 aliphatic rings. The van der Waals surface area contributed by atoms with Gasteiger partial charge >= 0.3 is 0 Å². The third kappa shape index (κ3) is 5.12. The molecule has 2 aromatic rings. The van der Waals surface area contributed by atoms with E-state index >= 15 is 0 Å². The predicted molar refractivity (Wildman–Crippen MR) is 136 cm³/mol. The topological polar surface area (TPSA) is 122 Å². The number of aliphatic hydroxyl groups is 1. The van der Waals surface area contributed by atoms with Gasteiger partial charge in [-0.25, -0.2) is 18.4 Å². The van der Waals surface area contributed by atoms with Gasteiger partial charge in [-0.2, -0.15) is 0 Å². The molecule has 36 heavy (non-hydrogen) atoms. The second-order valence-electron chi connectivity index (χ2n) is 11.5. The first-order chi connectivity index (χ1) is 16.9. The van der Waals surface area contributed by atoms with Crippen LogP contribution in [-0.2, 0) is 20.2 Å². The Hall–Kier alpha value is -2.56. The number of hydrogen-bond acceptors (Lipinski definition) is 8. The molecule has 3 fully saturated rings. The van der Waals surface area contributed by atoms with Crippen molar-refractivity contribution in [2.24, 2.45) is 10.8 Å². The van der Waals surface area contributed by atoms with E-state index in [-0.39, 0.29) is 33.6 Å². The number of nitrogens with one attached hydrogen (secondary N) is 1.